The first-order chi connectivity index (χ1) is 9.88. The average Bonchev–Trinajstić information content (AvgIpc) is 2.82. The Kier molecular flexibility index (Phi) is 3.77. The van der Waals surface area contributed by atoms with Gasteiger partial charge in [-0.2, -0.15) is 0 Å². The lowest BCUT2D eigenvalue weighted by molar-refractivity contribution is 0.0927. The molecule has 0 bridgehead atoms. The van der Waals surface area contributed by atoms with Crippen LogP contribution in [0.5, 0.6) is 0 Å². The van der Waals surface area contributed by atoms with Crippen LogP contribution in [0.15, 0.2) is 10.6 Å². The summed E-state index contributed by atoms with van der Waals surface area (Å²) in [6.07, 6.45) is -0.978. The van der Waals surface area contributed by atoms with E-state index in [-0.39, 0.29) is 12.8 Å². The second-order valence-corrected chi connectivity index (χ2v) is 8.66. The van der Waals surface area contributed by atoms with Gasteiger partial charge in [-0.05, 0) is 34.1 Å². The van der Waals surface area contributed by atoms with E-state index in [4.69, 9.17) is 9.66 Å². The highest BCUT2D eigenvalue weighted by Gasteiger charge is 2.67. The Morgan fingerprint density at radius 3 is 2.55 bits per heavy atom. The zero-order valence-electron chi connectivity index (χ0n) is 13.0. The van der Waals surface area contributed by atoms with Gasteiger partial charge in [-0.1, -0.05) is 5.16 Å². The Balaban J connectivity index is 2.37. The Morgan fingerprint density at radius 2 is 2.18 bits per heavy atom. The lowest BCUT2D eigenvalue weighted by Gasteiger charge is -2.35. The summed E-state index contributed by atoms with van der Waals surface area (Å²) in [4.78, 5) is 12.7. The molecule has 0 spiro atoms. The minimum Gasteiger partial charge on any atom is -0.465 e. The molecule has 1 heterocycles. The fourth-order valence-corrected chi connectivity index (χ4v) is 4.11. The van der Waals surface area contributed by atoms with Gasteiger partial charge in [-0.15, -0.1) is 0 Å². The van der Waals surface area contributed by atoms with E-state index in [0.29, 0.717) is 11.5 Å². The SMILES string of the molecule is Cc1cc(CC2(S(N)(=O)=O)CC2N(C(=O)O)C(C)(C)C)no1. The fourth-order valence-electron chi connectivity index (χ4n) is 2.89. The largest absolute Gasteiger partial charge is 0.465 e. The molecular formula is C13H21N3O5S. The molecule has 0 aliphatic heterocycles. The first-order valence-corrected chi connectivity index (χ1v) is 8.40. The summed E-state index contributed by atoms with van der Waals surface area (Å²) in [5, 5.41) is 18.6. The number of primary sulfonamides is 1. The van der Waals surface area contributed by atoms with Crippen molar-refractivity contribution in [2.24, 2.45) is 5.14 Å². The quantitative estimate of drug-likeness (QED) is 0.850. The molecule has 0 saturated heterocycles. The third-order valence-corrected chi connectivity index (χ3v) is 5.67. The van der Waals surface area contributed by atoms with Crippen LogP contribution < -0.4 is 5.14 Å². The van der Waals surface area contributed by atoms with E-state index in [1.165, 1.54) is 0 Å². The van der Waals surface area contributed by atoms with Gasteiger partial charge in [0.25, 0.3) is 0 Å². The highest BCUT2D eigenvalue weighted by molar-refractivity contribution is 7.91. The molecular weight excluding hydrogens is 310 g/mol. The van der Waals surface area contributed by atoms with E-state index in [1.54, 1.807) is 33.8 Å². The van der Waals surface area contributed by atoms with Crippen LogP contribution in [-0.2, 0) is 16.4 Å². The van der Waals surface area contributed by atoms with Crippen molar-refractivity contribution in [1.82, 2.24) is 10.1 Å². The number of hydrogen-bond acceptors (Lipinski definition) is 5. The van der Waals surface area contributed by atoms with Crippen molar-refractivity contribution in [2.75, 3.05) is 0 Å². The van der Waals surface area contributed by atoms with Crippen molar-refractivity contribution in [3.63, 3.8) is 0 Å². The molecule has 1 aromatic rings. The Morgan fingerprint density at radius 1 is 1.59 bits per heavy atom. The van der Waals surface area contributed by atoms with Gasteiger partial charge < -0.3 is 9.63 Å². The van der Waals surface area contributed by atoms with Gasteiger partial charge in [0.2, 0.25) is 10.0 Å². The van der Waals surface area contributed by atoms with E-state index in [1.807, 2.05) is 0 Å². The van der Waals surface area contributed by atoms with Crippen LogP contribution in [0.4, 0.5) is 4.79 Å². The molecule has 1 aliphatic carbocycles. The van der Waals surface area contributed by atoms with E-state index < -0.39 is 32.4 Å². The molecule has 1 amide bonds. The summed E-state index contributed by atoms with van der Waals surface area (Å²) >= 11 is 0. The second kappa shape index (κ2) is 4.95. The van der Waals surface area contributed by atoms with Crippen molar-refractivity contribution in [3.05, 3.63) is 17.5 Å². The predicted octanol–water partition coefficient (Wildman–Crippen LogP) is 1.10. The van der Waals surface area contributed by atoms with E-state index in [0.717, 1.165) is 4.90 Å². The number of sulfonamides is 1. The minimum atomic E-state index is -3.95. The maximum atomic E-state index is 12.1. The van der Waals surface area contributed by atoms with E-state index in [9.17, 15) is 18.3 Å². The van der Waals surface area contributed by atoms with Gasteiger partial charge in [0.15, 0.2) is 0 Å². The number of nitrogens with two attached hydrogens (primary N) is 1. The highest BCUT2D eigenvalue weighted by atomic mass is 32.2. The van der Waals surface area contributed by atoms with Crippen molar-refractivity contribution in [2.45, 2.75) is 56.9 Å². The molecule has 2 atom stereocenters. The van der Waals surface area contributed by atoms with Crippen molar-refractivity contribution in [1.29, 1.82) is 0 Å². The Labute approximate surface area is 129 Å². The second-order valence-electron chi connectivity index (χ2n) is 6.76. The van der Waals surface area contributed by atoms with Gasteiger partial charge >= 0.3 is 6.09 Å². The molecule has 9 heteroatoms. The number of nitrogens with zero attached hydrogens (tertiary/aromatic N) is 2. The molecule has 0 radical (unpaired) electrons. The molecule has 3 N–H and O–H groups in total. The van der Waals surface area contributed by atoms with Gasteiger partial charge in [-0.25, -0.2) is 18.4 Å². The third-order valence-electron chi connectivity index (χ3n) is 3.95. The standard InChI is InChI=1S/C13H21N3O5S/c1-8-5-9(15-21-8)6-13(22(14,19)20)7-10(13)16(11(17)18)12(2,3)4/h5,10H,6-7H2,1-4H3,(H,17,18)(H2,14,19,20). The number of carboxylic acid groups (broad SMARTS) is 1. The molecule has 0 aromatic carbocycles. The average molecular weight is 331 g/mol. The van der Waals surface area contributed by atoms with Gasteiger partial charge in [0.05, 0.1) is 11.7 Å². The van der Waals surface area contributed by atoms with Crippen LogP contribution in [-0.4, -0.2) is 46.0 Å². The van der Waals surface area contributed by atoms with Gasteiger partial charge in [0.1, 0.15) is 10.5 Å². The smallest absolute Gasteiger partial charge is 0.408 e. The summed E-state index contributed by atoms with van der Waals surface area (Å²) in [6.45, 7) is 6.85. The van der Waals surface area contributed by atoms with E-state index >= 15 is 0 Å². The number of aryl methyl sites for hydroxylation is 1. The molecule has 22 heavy (non-hydrogen) atoms. The zero-order valence-corrected chi connectivity index (χ0v) is 13.8. The number of rotatable bonds is 4. The molecule has 1 aliphatic rings. The first-order valence-electron chi connectivity index (χ1n) is 6.85. The molecule has 2 unspecified atom stereocenters. The zero-order chi connectivity index (χ0) is 16.9. The number of aromatic nitrogens is 1. The molecule has 1 aromatic heterocycles. The summed E-state index contributed by atoms with van der Waals surface area (Å²) in [5.41, 5.74) is -0.281. The third kappa shape index (κ3) is 2.82. The maximum Gasteiger partial charge on any atom is 0.408 e. The number of amides is 1. The topological polar surface area (TPSA) is 127 Å². The molecule has 124 valence electrons. The monoisotopic (exact) mass is 331 g/mol. The predicted molar refractivity (Wildman–Crippen MR) is 78.8 cm³/mol. The lowest BCUT2D eigenvalue weighted by Crippen LogP contribution is -2.51. The van der Waals surface area contributed by atoms with Gasteiger partial charge in [0, 0.05) is 18.0 Å². The summed E-state index contributed by atoms with van der Waals surface area (Å²) in [5.74, 6) is 0.558. The van der Waals surface area contributed by atoms with Crippen LogP contribution >= 0.6 is 0 Å². The number of hydrogen-bond donors (Lipinski definition) is 2. The summed E-state index contributed by atoms with van der Waals surface area (Å²) in [7, 11) is -3.95. The first kappa shape index (κ1) is 16.8. The molecule has 2 rings (SSSR count). The minimum absolute atomic E-state index is 0.0354. The normalized spacial score (nSPS) is 25.0. The Hall–Kier alpha value is -1.61. The van der Waals surface area contributed by atoms with Crippen LogP contribution in [0.1, 0.15) is 38.6 Å². The van der Waals surface area contributed by atoms with Gasteiger partial charge in [-0.3, -0.25) is 4.90 Å². The van der Waals surface area contributed by atoms with Crippen molar-refractivity contribution in [3.8, 4) is 0 Å². The highest BCUT2D eigenvalue weighted by Crippen LogP contribution is 2.50. The number of carbonyl (C=O) groups is 1. The lowest BCUT2D eigenvalue weighted by atomic mass is 10.1. The van der Waals surface area contributed by atoms with Crippen LogP contribution in [0.3, 0.4) is 0 Å². The van der Waals surface area contributed by atoms with Crippen molar-refractivity contribution >= 4 is 16.1 Å². The Bertz CT molecular complexity index is 691. The molecule has 1 fully saturated rings. The maximum absolute atomic E-state index is 12.1. The molecule has 8 nitrogen and oxygen atoms in total. The summed E-state index contributed by atoms with van der Waals surface area (Å²) in [6, 6.07) is 0.932. The van der Waals surface area contributed by atoms with Crippen LogP contribution in [0.25, 0.3) is 0 Å². The van der Waals surface area contributed by atoms with Crippen molar-refractivity contribution < 1.29 is 22.8 Å². The van der Waals surface area contributed by atoms with E-state index in [2.05, 4.69) is 5.16 Å². The van der Waals surface area contributed by atoms with Crippen LogP contribution in [0, 0.1) is 6.92 Å². The van der Waals surface area contributed by atoms with Crippen LogP contribution in [0.2, 0.25) is 0 Å². The molecule has 1 saturated carbocycles. The summed E-state index contributed by atoms with van der Waals surface area (Å²) < 4.78 is 27.8. The fraction of sp³-hybridized carbons (Fsp3) is 0.692.